The topological polar surface area (TPSA) is 38.7 Å². The summed E-state index contributed by atoms with van der Waals surface area (Å²) < 4.78 is 10.5. The molecule has 116 valence electrons. The molecule has 2 rings (SSSR count). The minimum atomic E-state index is 0.144. The van der Waals surface area contributed by atoms with Gasteiger partial charge >= 0.3 is 0 Å². The van der Waals surface area contributed by atoms with E-state index in [9.17, 15) is 5.11 Å². The van der Waals surface area contributed by atoms with E-state index in [0.717, 1.165) is 28.0 Å². The molecule has 0 fully saturated rings. The lowest BCUT2D eigenvalue weighted by atomic mass is 10.0. The Morgan fingerprint density at radius 2 is 1.68 bits per heavy atom. The third-order valence-electron chi connectivity index (χ3n) is 3.88. The van der Waals surface area contributed by atoms with Crippen LogP contribution in [-0.2, 0) is 0 Å². The number of rotatable bonds is 4. The van der Waals surface area contributed by atoms with Crippen LogP contribution in [-0.4, -0.2) is 19.3 Å². The van der Waals surface area contributed by atoms with Gasteiger partial charge < -0.3 is 14.6 Å². The fourth-order valence-corrected chi connectivity index (χ4v) is 2.42. The van der Waals surface area contributed by atoms with E-state index in [2.05, 4.69) is 26.0 Å². The lowest BCUT2D eigenvalue weighted by Gasteiger charge is -2.10. The maximum atomic E-state index is 9.90. The molecule has 0 aliphatic heterocycles. The summed E-state index contributed by atoms with van der Waals surface area (Å²) in [6.45, 7) is 6.14. The summed E-state index contributed by atoms with van der Waals surface area (Å²) in [7, 11) is 3.22. The lowest BCUT2D eigenvalue weighted by molar-refractivity contribution is 0.373. The van der Waals surface area contributed by atoms with Crippen LogP contribution >= 0.6 is 0 Å². The molecule has 0 amide bonds. The second-order valence-corrected chi connectivity index (χ2v) is 5.38. The number of hydrogen-bond donors (Lipinski definition) is 1. The molecule has 3 heteroatoms. The predicted octanol–water partition coefficient (Wildman–Crippen LogP) is 4.59. The summed E-state index contributed by atoms with van der Waals surface area (Å²) in [5, 5.41) is 9.90. The van der Waals surface area contributed by atoms with Crippen LogP contribution in [0.4, 0.5) is 0 Å². The average Bonchev–Trinajstić information content (AvgIpc) is 2.50. The zero-order valence-electron chi connectivity index (χ0n) is 13.7. The Balaban J connectivity index is 2.40. The van der Waals surface area contributed by atoms with Crippen molar-refractivity contribution in [1.29, 1.82) is 0 Å². The van der Waals surface area contributed by atoms with Gasteiger partial charge in [0.2, 0.25) is 0 Å². The number of phenolic OH excluding ortho intramolecular Hbond substituents is 1. The first-order valence-corrected chi connectivity index (χ1v) is 7.17. The largest absolute Gasteiger partial charge is 0.504 e. The third-order valence-corrected chi connectivity index (χ3v) is 3.88. The number of allylic oxidation sites excluding steroid dienone is 1. The van der Waals surface area contributed by atoms with Gasteiger partial charge in [-0.2, -0.15) is 0 Å². The fourth-order valence-electron chi connectivity index (χ4n) is 2.42. The van der Waals surface area contributed by atoms with Crippen molar-refractivity contribution in [3.63, 3.8) is 0 Å². The number of benzene rings is 2. The predicted molar refractivity (Wildman–Crippen MR) is 90.7 cm³/mol. The molecule has 0 bridgehead atoms. The molecule has 2 aromatic carbocycles. The summed E-state index contributed by atoms with van der Waals surface area (Å²) in [6, 6.07) is 9.56. The minimum Gasteiger partial charge on any atom is -0.504 e. The van der Waals surface area contributed by atoms with Crippen LogP contribution in [0.15, 0.2) is 30.3 Å². The van der Waals surface area contributed by atoms with E-state index in [1.54, 1.807) is 26.4 Å². The molecule has 2 aromatic rings. The SMILES string of the molecule is COc1ccc(/C(C)=C\c2cc(C)c(C)c(OC)c2)cc1O. The molecule has 22 heavy (non-hydrogen) atoms. The maximum Gasteiger partial charge on any atom is 0.160 e. The highest BCUT2D eigenvalue weighted by molar-refractivity contribution is 5.81. The van der Waals surface area contributed by atoms with Gasteiger partial charge in [0.1, 0.15) is 5.75 Å². The van der Waals surface area contributed by atoms with E-state index in [-0.39, 0.29) is 5.75 Å². The molecule has 0 heterocycles. The van der Waals surface area contributed by atoms with Gasteiger partial charge in [-0.15, -0.1) is 0 Å². The molecule has 0 saturated carbocycles. The van der Waals surface area contributed by atoms with Gasteiger partial charge in [-0.1, -0.05) is 18.2 Å². The molecular weight excluding hydrogens is 276 g/mol. The van der Waals surface area contributed by atoms with Crippen LogP contribution in [0.1, 0.15) is 29.2 Å². The van der Waals surface area contributed by atoms with Gasteiger partial charge in [-0.25, -0.2) is 0 Å². The number of aromatic hydroxyl groups is 1. The van der Waals surface area contributed by atoms with Gasteiger partial charge in [0.05, 0.1) is 14.2 Å². The van der Waals surface area contributed by atoms with Crippen molar-refractivity contribution in [2.24, 2.45) is 0 Å². The highest BCUT2D eigenvalue weighted by Gasteiger charge is 2.06. The van der Waals surface area contributed by atoms with Crippen LogP contribution in [0.25, 0.3) is 11.6 Å². The highest BCUT2D eigenvalue weighted by atomic mass is 16.5. The molecule has 0 aliphatic rings. The van der Waals surface area contributed by atoms with Crippen LogP contribution in [0.3, 0.4) is 0 Å². The van der Waals surface area contributed by atoms with Crippen LogP contribution in [0.5, 0.6) is 17.2 Å². The summed E-state index contributed by atoms with van der Waals surface area (Å²) in [5.74, 6) is 1.51. The lowest BCUT2D eigenvalue weighted by Crippen LogP contribution is -1.92. The van der Waals surface area contributed by atoms with E-state index in [1.165, 1.54) is 5.56 Å². The number of phenols is 1. The van der Waals surface area contributed by atoms with Crippen molar-refractivity contribution >= 4 is 11.6 Å². The monoisotopic (exact) mass is 298 g/mol. The van der Waals surface area contributed by atoms with Gasteiger partial charge in [0.25, 0.3) is 0 Å². The second-order valence-electron chi connectivity index (χ2n) is 5.38. The van der Waals surface area contributed by atoms with Gasteiger partial charge in [0.15, 0.2) is 11.5 Å². The molecule has 1 N–H and O–H groups in total. The number of ether oxygens (including phenoxy) is 2. The molecule has 0 aromatic heterocycles. The van der Waals surface area contributed by atoms with E-state index < -0.39 is 0 Å². The van der Waals surface area contributed by atoms with Crippen LogP contribution in [0, 0.1) is 13.8 Å². The Morgan fingerprint density at radius 3 is 2.27 bits per heavy atom. The summed E-state index contributed by atoms with van der Waals surface area (Å²) in [6.07, 6.45) is 2.08. The second kappa shape index (κ2) is 6.56. The zero-order valence-corrected chi connectivity index (χ0v) is 13.7. The fraction of sp³-hybridized carbons (Fsp3) is 0.263. The molecule has 0 saturated heterocycles. The van der Waals surface area contributed by atoms with E-state index in [1.807, 2.05) is 19.1 Å². The van der Waals surface area contributed by atoms with E-state index >= 15 is 0 Å². The Bertz CT molecular complexity index is 715. The average molecular weight is 298 g/mol. The van der Waals surface area contributed by atoms with E-state index in [4.69, 9.17) is 9.47 Å². The van der Waals surface area contributed by atoms with Crippen molar-refractivity contribution in [3.8, 4) is 17.2 Å². The normalized spacial score (nSPS) is 11.4. The molecule has 0 aliphatic carbocycles. The Morgan fingerprint density at radius 1 is 1.00 bits per heavy atom. The van der Waals surface area contributed by atoms with E-state index in [0.29, 0.717) is 5.75 Å². The molecule has 0 radical (unpaired) electrons. The smallest absolute Gasteiger partial charge is 0.160 e. The summed E-state index contributed by atoms with van der Waals surface area (Å²) in [5.41, 5.74) is 5.43. The summed E-state index contributed by atoms with van der Waals surface area (Å²) in [4.78, 5) is 0. The van der Waals surface area contributed by atoms with Crippen LogP contribution in [0.2, 0.25) is 0 Å². The molecule has 0 spiro atoms. The van der Waals surface area contributed by atoms with Crippen molar-refractivity contribution in [1.82, 2.24) is 0 Å². The van der Waals surface area contributed by atoms with Crippen LogP contribution < -0.4 is 9.47 Å². The first kappa shape index (κ1) is 16.0. The van der Waals surface area contributed by atoms with Crippen molar-refractivity contribution in [2.45, 2.75) is 20.8 Å². The maximum absolute atomic E-state index is 9.90. The highest BCUT2D eigenvalue weighted by Crippen LogP contribution is 2.31. The number of methoxy groups -OCH3 is 2. The van der Waals surface area contributed by atoms with Gasteiger partial charge in [-0.05, 0) is 66.8 Å². The van der Waals surface area contributed by atoms with Crippen molar-refractivity contribution in [3.05, 3.63) is 52.6 Å². The summed E-state index contributed by atoms with van der Waals surface area (Å²) >= 11 is 0. The zero-order chi connectivity index (χ0) is 16.3. The standard InChI is InChI=1S/C19H22O3/c1-12-8-15(10-19(22-5)14(12)3)9-13(2)16-6-7-18(21-4)17(20)11-16/h6-11,20H,1-5H3/b13-9-. The quantitative estimate of drug-likeness (QED) is 0.839. The number of hydrogen-bond acceptors (Lipinski definition) is 3. The Hall–Kier alpha value is -2.42. The minimum absolute atomic E-state index is 0.144. The van der Waals surface area contributed by atoms with Gasteiger partial charge in [-0.3, -0.25) is 0 Å². The number of aryl methyl sites for hydroxylation is 1. The molecule has 3 nitrogen and oxygen atoms in total. The Kier molecular flexibility index (Phi) is 4.76. The van der Waals surface area contributed by atoms with Crippen molar-refractivity contribution < 1.29 is 14.6 Å². The molecule has 0 unspecified atom stereocenters. The Labute approximate surface area is 131 Å². The first-order valence-electron chi connectivity index (χ1n) is 7.17. The van der Waals surface area contributed by atoms with Crippen molar-refractivity contribution in [2.75, 3.05) is 14.2 Å². The van der Waals surface area contributed by atoms with Gasteiger partial charge in [0, 0.05) is 0 Å². The first-order chi connectivity index (χ1) is 10.5. The molecule has 0 atom stereocenters. The third kappa shape index (κ3) is 3.25. The molecular formula is C19H22O3.